The van der Waals surface area contributed by atoms with Crippen molar-refractivity contribution < 1.29 is 48.7 Å². The second kappa shape index (κ2) is 17.0. The zero-order valence-corrected chi connectivity index (χ0v) is 32.1. The Kier molecular flexibility index (Phi) is 12.1. The molecule has 0 fully saturated rings. The van der Waals surface area contributed by atoms with E-state index in [0.717, 1.165) is 89.4 Å². The quantitative estimate of drug-likeness (QED) is 0.0976. The molecule has 13 heteroatoms. The fourth-order valence-electron chi connectivity index (χ4n) is 6.69. The molecular weight excluding hydrogens is 805 g/mol. The van der Waals surface area contributed by atoms with Gasteiger partial charge in [-0.25, -0.2) is 18.4 Å². The molecule has 0 spiro atoms. The summed E-state index contributed by atoms with van der Waals surface area (Å²) in [5, 5.41) is 0. The molecule has 2 aliphatic heterocycles. The van der Waals surface area contributed by atoms with Gasteiger partial charge in [-0.05, 0) is 68.8 Å². The van der Waals surface area contributed by atoms with Crippen LogP contribution in [0.3, 0.4) is 0 Å². The van der Waals surface area contributed by atoms with E-state index in [9.17, 15) is 13.2 Å². The van der Waals surface area contributed by atoms with E-state index in [-0.39, 0.29) is 22.5 Å². The molecule has 7 aromatic rings. The van der Waals surface area contributed by atoms with Crippen LogP contribution < -0.4 is 9.97 Å². The van der Waals surface area contributed by atoms with Gasteiger partial charge in [-0.15, -0.1) is 22.1 Å². The predicted octanol–water partition coefficient (Wildman–Crippen LogP) is 9.81. The van der Waals surface area contributed by atoms with Crippen molar-refractivity contribution in [2.24, 2.45) is 0 Å². The first kappa shape index (κ1) is 41.3. The third kappa shape index (κ3) is 8.35. The van der Waals surface area contributed by atoms with E-state index in [1.54, 1.807) is 0 Å². The molecule has 0 amide bonds. The fraction of sp³-hybridized carbons (Fsp3) is 0.0222. The second-order valence-corrected chi connectivity index (χ2v) is 14.1. The molecule has 0 saturated carbocycles. The minimum atomic E-state index is -6.09. The third-order valence-corrected chi connectivity index (χ3v) is 9.71. The summed E-state index contributed by atoms with van der Waals surface area (Å²) < 4.78 is 58.9. The summed E-state index contributed by atoms with van der Waals surface area (Å²) in [5.41, 5.74) is 9.38. The normalized spacial score (nSPS) is 11.9. The smallest absolute Gasteiger partial charge is 0.741 e. The standard InChI is InChI=1S/C44H28N4.CHF3O3S.Mn.H2O/c1-5-13-29(14-6-1)41-33-21-23-35(45-33)42(30-15-7-2-8-16-30)37-25-27-39(47-37)44(32-19-11-4-12-20-32)40-28-26-38(48-40)43(31-17-9-3-10-18-31)36-24-22-34(41)46-36;2-1(3,4)8(5,6)7;;/h1-28H;(H,5,6,7);;1H2/q-2;;+3;/p-1. The summed E-state index contributed by atoms with van der Waals surface area (Å²) in [4.78, 5) is 21.2. The molecule has 0 atom stereocenters. The van der Waals surface area contributed by atoms with Gasteiger partial charge in [0.25, 0.3) is 0 Å². The van der Waals surface area contributed by atoms with E-state index >= 15 is 0 Å². The Bertz CT molecular complexity index is 2570. The SMILES string of the molecule is C1=Cc2nc1c(-c1ccccc1)c1ccc([n-]1)c(-c1ccccc1)c1nc(c(-c3ccccc3)c3ccc([n-]3)c2-c2ccccc2)C=C1.O.O=S(=O)([O-])C(F)(F)F.[Mn+3]. The van der Waals surface area contributed by atoms with Crippen molar-refractivity contribution in [3.8, 4) is 44.5 Å². The number of benzene rings is 4. The summed E-state index contributed by atoms with van der Waals surface area (Å²) >= 11 is 0. The zero-order valence-electron chi connectivity index (χ0n) is 30.1. The van der Waals surface area contributed by atoms with Gasteiger partial charge in [-0.3, -0.25) is 0 Å². The van der Waals surface area contributed by atoms with Gasteiger partial charge in [-0.2, -0.15) is 13.2 Å². The van der Waals surface area contributed by atoms with E-state index in [0.29, 0.717) is 0 Å². The van der Waals surface area contributed by atoms with Crippen molar-refractivity contribution in [2.75, 3.05) is 0 Å². The number of fused-ring (bicyclic) bond motifs is 8. The molecule has 0 saturated heterocycles. The first-order chi connectivity index (χ1) is 27.0. The molecular formula is C45H30F3MnN4O4S. The number of hydrogen-bond acceptors (Lipinski definition) is 5. The first-order valence-electron chi connectivity index (χ1n) is 17.3. The number of alkyl halides is 3. The summed E-state index contributed by atoms with van der Waals surface area (Å²) in [5.74, 6) is 0. The van der Waals surface area contributed by atoms with Crippen LogP contribution in [0.15, 0.2) is 146 Å². The van der Waals surface area contributed by atoms with Gasteiger partial charge in [0.15, 0.2) is 10.1 Å². The summed E-state index contributed by atoms with van der Waals surface area (Å²) in [6, 6.07) is 50.0. The van der Waals surface area contributed by atoms with Gasteiger partial charge >= 0.3 is 22.6 Å². The van der Waals surface area contributed by atoms with Gasteiger partial charge in [-0.1, -0.05) is 146 Å². The van der Waals surface area contributed by atoms with E-state index < -0.39 is 15.6 Å². The Balaban J connectivity index is 0.000000517. The summed E-state index contributed by atoms with van der Waals surface area (Å²) in [7, 11) is -6.09. The number of aromatic nitrogens is 4. The molecule has 8 nitrogen and oxygen atoms in total. The maximum absolute atomic E-state index is 10.7. The average molecular weight is 835 g/mol. The average Bonchev–Trinajstić information content (AvgIpc) is 4.04. The van der Waals surface area contributed by atoms with Crippen LogP contribution in [0.4, 0.5) is 13.2 Å². The van der Waals surface area contributed by atoms with Crippen LogP contribution in [0.1, 0.15) is 22.8 Å². The van der Waals surface area contributed by atoms with Gasteiger partial charge in [0, 0.05) is 0 Å². The molecule has 2 N–H and O–H groups in total. The van der Waals surface area contributed by atoms with Crippen LogP contribution in [0, 0.1) is 0 Å². The summed E-state index contributed by atoms with van der Waals surface area (Å²) in [6.45, 7) is 0. The molecule has 2 aliphatic rings. The monoisotopic (exact) mass is 834 g/mol. The molecule has 58 heavy (non-hydrogen) atoms. The maximum Gasteiger partial charge on any atom is 3.00 e. The predicted molar refractivity (Wildman–Crippen MR) is 218 cm³/mol. The zero-order chi connectivity index (χ0) is 38.9. The van der Waals surface area contributed by atoms with Crippen LogP contribution in [0.25, 0.3) is 90.9 Å². The third-order valence-electron chi connectivity index (χ3n) is 9.14. The van der Waals surface area contributed by atoms with Crippen molar-refractivity contribution in [3.05, 3.63) is 168 Å². The molecule has 9 rings (SSSR count). The number of halogens is 3. The van der Waals surface area contributed by atoms with Crippen LogP contribution >= 0.6 is 0 Å². The Labute approximate surface area is 342 Å². The van der Waals surface area contributed by atoms with Crippen LogP contribution in [0.5, 0.6) is 0 Å². The van der Waals surface area contributed by atoms with Gasteiger partial charge < -0.3 is 20.0 Å². The largest absolute Gasteiger partial charge is 3.00 e. The van der Waals surface area contributed by atoms with Crippen LogP contribution in [-0.2, 0) is 27.2 Å². The second-order valence-electron chi connectivity index (χ2n) is 12.7. The number of hydrogen-bond donors (Lipinski definition) is 0. The van der Waals surface area contributed by atoms with Gasteiger partial charge in [0.1, 0.15) is 0 Å². The van der Waals surface area contributed by atoms with E-state index in [2.05, 4.69) is 146 Å². The van der Waals surface area contributed by atoms with E-state index in [4.69, 9.17) is 32.9 Å². The fourth-order valence-corrected chi connectivity index (χ4v) is 6.69. The molecule has 288 valence electrons. The molecule has 5 heterocycles. The Hall–Kier alpha value is -6.34. The van der Waals surface area contributed by atoms with Crippen molar-refractivity contribution in [2.45, 2.75) is 5.51 Å². The number of nitrogens with zero attached hydrogens (tertiary/aromatic N) is 4. The molecule has 0 aliphatic carbocycles. The van der Waals surface area contributed by atoms with Crippen molar-refractivity contribution in [1.82, 2.24) is 19.9 Å². The molecule has 3 aromatic heterocycles. The van der Waals surface area contributed by atoms with E-state index in [1.807, 2.05) is 24.3 Å². The minimum absolute atomic E-state index is 0. The van der Waals surface area contributed by atoms with Gasteiger partial charge in [0.2, 0.25) is 0 Å². The first-order valence-corrected chi connectivity index (χ1v) is 18.8. The Morgan fingerprint density at radius 3 is 0.828 bits per heavy atom. The minimum Gasteiger partial charge on any atom is -0.741 e. The van der Waals surface area contributed by atoms with Gasteiger partial charge in [0.05, 0.1) is 22.8 Å². The maximum atomic E-state index is 10.7. The van der Waals surface area contributed by atoms with Crippen LogP contribution in [-0.4, -0.2) is 33.9 Å². The van der Waals surface area contributed by atoms with Crippen molar-refractivity contribution in [3.63, 3.8) is 0 Å². The Morgan fingerprint density at radius 2 is 0.638 bits per heavy atom. The topological polar surface area (TPSA) is 143 Å². The molecule has 4 aromatic carbocycles. The summed E-state index contributed by atoms with van der Waals surface area (Å²) in [6.07, 6.45) is 8.41. The number of rotatable bonds is 4. The molecule has 0 radical (unpaired) electrons. The van der Waals surface area contributed by atoms with E-state index in [1.165, 1.54) is 0 Å². The van der Waals surface area contributed by atoms with Crippen LogP contribution in [0.2, 0.25) is 0 Å². The Morgan fingerprint density at radius 1 is 0.431 bits per heavy atom. The van der Waals surface area contributed by atoms with Crippen molar-refractivity contribution >= 4 is 56.5 Å². The molecule has 0 unspecified atom stereocenters. The molecule has 8 bridgehead atoms. The van der Waals surface area contributed by atoms with Crippen molar-refractivity contribution in [1.29, 1.82) is 0 Å².